The van der Waals surface area contributed by atoms with E-state index in [1.807, 2.05) is 0 Å². The maximum atomic E-state index is 10.5. The number of halogens is 1. The molecule has 0 spiro atoms. The number of hydrogen-bond donors (Lipinski definition) is 0. The molecule has 0 radical (unpaired) electrons. The van der Waals surface area contributed by atoms with E-state index in [-0.39, 0.29) is 22.8 Å². The maximum absolute atomic E-state index is 10.5. The number of benzene rings is 1. The first-order valence-corrected chi connectivity index (χ1v) is 4.07. The molecule has 0 atom stereocenters. The van der Waals surface area contributed by atoms with E-state index in [4.69, 9.17) is 11.6 Å². The predicted octanol–water partition coefficient (Wildman–Crippen LogP) is 2.24. The van der Waals surface area contributed by atoms with Crippen molar-refractivity contribution in [2.75, 3.05) is 0 Å². The first kappa shape index (κ1) is 10.4. The highest BCUT2D eigenvalue weighted by molar-refractivity contribution is 6.17. The van der Waals surface area contributed by atoms with Gasteiger partial charge >= 0.3 is 0 Å². The van der Waals surface area contributed by atoms with Crippen molar-refractivity contribution < 1.29 is 9.85 Å². The summed E-state index contributed by atoms with van der Waals surface area (Å²) in [7, 11) is 0. The van der Waals surface area contributed by atoms with Crippen LogP contribution in [0.1, 0.15) is 5.56 Å². The van der Waals surface area contributed by atoms with Gasteiger partial charge in [0.25, 0.3) is 11.4 Å². The number of nitro benzene ring substituents is 2. The molecule has 0 aromatic heterocycles. The molecule has 74 valence electrons. The van der Waals surface area contributed by atoms with Crippen LogP contribution in [0.5, 0.6) is 0 Å². The monoisotopic (exact) mass is 216 g/mol. The molecule has 6 nitrogen and oxygen atoms in total. The third-order valence-corrected chi connectivity index (χ3v) is 1.91. The van der Waals surface area contributed by atoms with E-state index < -0.39 is 9.85 Å². The van der Waals surface area contributed by atoms with E-state index in [1.165, 1.54) is 12.1 Å². The SMILES string of the molecule is O=[N+]([O-])c1ccc(CCl)c([N+](=O)[O-])c1. The van der Waals surface area contributed by atoms with Gasteiger partial charge in [-0.25, -0.2) is 0 Å². The molecular formula is C7H5ClN2O4. The molecule has 0 bridgehead atoms. The van der Waals surface area contributed by atoms with Gasteiger partial charge in [0.1, 0.15) is 0 Å². The number of alkyl halides is 1. The Labute approximate surface area is 83.4 Å². The zero-order valence-electron chi connectivity index (χ0n) is 6.84. The first-order valence-electron chi connectivity index (χ1n) is 3.54. The fraction of sp³-hybridized carbons (Fsp3) is 0.143. The molecule has 0 fully saturated rings. The van der Waals surface area contributed by atoms with E-state index in [1.54, 1.807) is 0 Å². The van der Waals surface area contributed by atoms with Gasteiger partial charge in [0.15, 0.2) is 0 Å². The third kappa shape index (κ3) is 1.97. The van der Waals surface area contributed by atoms with Crippen LogP contribution in [-0.2, 0) is 5.88 Å². The lowest BCUT2D eigenvalue weighted by atomic mass is 10.2. The van der Waals surface area contributed by atoms with Crippen LogP contribution in [0, 0.1) is 20.2 Å². The van der Waals surface area contributed by atoms with E-state index >= 15 is 0 Å². The second-order valence-corrected chi connectivity index (χ2v) is 2.73. The quantitative estimate of drug-likeness (QED) is 0.440. The summed E-state index contributed by atoms with van der Waals surface area (Å²) in [4.78, 5) is 19.4. The minimum absolute atomic E-state index is 0.0473. The summed E-state index contributed by atoms with van der Waals surface area (Å²) in [6.07, 6.45) is 0. The molecule has 1 aromatic rings. The van der Waals surface area contributed by atoms with E-state index in [0.717, 1.165) is 6.07 Å². The highest BCUT2D eigenvalue weighted by Crippen LogP contribution is 2.25. The van der Waals surface area contributed by atoms with Crippen molar-refractivity contribution in [3.8, 4) is 0 Å². The molecule has 0 N–H and O–H groups in total. The second-order valence-electron chi connectivity index (χ2n) is 2.46. The normalized spacial score (nSPS) is 9.79. The molecule has 14 heavy (non-hydrogen) atoms. The Morgan fingerprint density at radius 3 is 2.29 bits per heavy atom. The number of hydrogen-bond acceptors (Lipinski definition) is 4. The molecule has 0 unspecified atom stereocenters. The Bertz CT molecular complexity index is 393. The van der Waals surface area contributed by atoms with Crippen LogP contribution < -0.4 is 0 Å². The Morgan fingerprint density at radius 2 is 1.86 bits per heavy atom. The number of nitrogens with zero attached hydrogens (tertiary/aromatic N) is 2. The van der Waals surface area contributed by atoms with E-state index in [0.29, 0.717) is 0 Å². The summed E-state index contributed by atoms with van der Waals surface area (Å²) in [5.41, 5.74) is -0.373. The van der Waals surface area contributed by atoms with Gasteiger partial charge in [-0.05, 0) is 6.07 Å². The zero-order valence-corrected chi connectivity index (χ0v) is 7.60. The van der Waals surface area contributed by atoms with E-state index in [2.05, 4.69) is 0 Å². The van der Waals surface area contributed by atoms with Gasteiger partial charge in [0, 0.05) is 11.6 Å². The van der Waals surface area contributed by atoms with Crippen molar-refractivity contribution in [3.05, 3.63) is 44.0 Å². The Morgan fingerprint density at radius 1 is 1.21 bits per heavy atom. The second kappa shape index (κ2) is 4.01. The Hall–Kier alpha value is -1.69. The Balaban J connectivity index is 3.27. The Kier molecular flexibility index (Phi) is 2.98. The van der Waals surface area contributed by atoms with Crippen LogP contribution in [0.2, 0.25) is 0 Å². The summed E-state index contributed by atoms with van der Waals surface area (Å²) in [5.74, 6) is -0.0473. The minimum Gasteiger partial charge on any atom is -0.258 e. The fourth-order valence-corrected chi connectivity index (χ4v) is 1.17. The maximum Gasteiger partial charge on any atom is 0.280 e. The van der Waals surface area contributed by atoms with Gasteiger partial charge in [-0.1, -0.05) is 0 Å². The summed E-state index contributed by atoms with van der Waals surface area (Å²) in [6, 6.07) is 3.37. The van der Waals surface area contributed by atoms with Gasteiger partial charge in [-0.2, -0.15) is 0 Å². The summed E-state index contributed by atoms with van der Waals surface area (Å²) >= 11 is 5.43. The first-order chi connectivity index (χ1) is 6.56. The van der Waals surface area contributed by atoms with Gasteiger partial charge in [-0.15, -0.1) is 11.6 Å². The molecule has 7 heteroatoms. The van der Waals surface area contributed by atoms with Crippen LogP contribution in [0.25, 0.3) is 0 Å². The standard InChI is InChI=1S/C7H5ClN2O4/c8-4-5-1-2-6(9(11)12)3-7(5)10(13)14/h1-3H,4H2. The summed E-state index contributed by atoms with van der Waals surface area (Å²) in [5, 5.41) is 20.8. The van der Waals surface area contributed by atoms with Crippen molar-refractivity contribution in [1.29, 1.82) is 0 Å². The lowest BCUT2D eigenvalue weighted by molar-refractivity contribution is -0.394. The average molecular weight is 217 g/mol. The summed E-state index contributed by atoms with van der Waals surface area (Å²) in [6.45, 7) is 0. The lowest BCUT2D eigenvalue weighted by Gasteiger charge is -1.97. The molecule has 0 aliphatic rings. The predicted molar refractivity (Wildman–Crippen MR) is 49.3 cm³/mol. The largest absolute Gasteiger partial charge is 0.280 e. The van der Waals surface area contributed by atoms with Crippen molar-refractivity contribution in [2.24, 2.45) is 0 Å². The lowest BCUT2D eigenvalue weighted by Crippen LogP contribution is -1.96. The number of rotatable bonds is 3. The molecule has 0 saturated carbocycles. The molecule has 0 aliphatic carbocycles. The van der Waals surface area contributed by atoms with E-state index in [9.17, 15) is 20.2 Å². The van der Waals surface area contributed by atoms with Crippen molar-refractivity contribution >= 4 is 23.0 Å². The zero-order chi connectivity index (χ0) is 10.7. The highest BCUT2D eigenvalue weighted by Gasteiger charge is 2.18. The van der Waals surface area contributed by atoms with Crippen molar-refractivity contribution in [3.63, 3.8) is 0 Å². The fourth-order valence-electron chi connectivity index (χ4n) is 0.949. The molecule has 0 heterocycles. The average Bonchev–Trinajstić information content (AvgIpc) is 2.16. The number of nitro groups is 2. The summed E-state index contributed by atoms with van der Waals surface area (Å²) < 4.78 is 0. The van der Waals surface area contributed by atoms with Crippen molar-refractivity contribution in [1.82, 2.24) is 0 Å². The molecule has 0 aliphatic heterocycles. The van der Waals surface area contributed by atoms with Crippen LogP contribution >= 0.6 is 11.6 Å². The van der Waals surface area contributed by atoms with Crippen LogP contribution in [0.3, 0.4) is 0 Å². The molecule has 1 rings (SSSR count). The minimum atomic E-state index is -0.690. The molecule has 1 aromatic carbocycles. The van der Waals surface area contributed by atoms with Crippen LogP contribution in [0.4, 0.5) is 11.4 Å². The smallest absolute Gasteiger partial charge is 0.258 e. The topological polar surface area (TPSA) is 86.3 Å². The molecule has 0 saturated heterocycles. The van der Waals surface area contributed by atoms with Gasteiger partial charge in [0.05, 0.1) is 21.8 Å². The van der Waals surface area contributed by atoms with Crippen LogP contribution in [0.15, 0.2) is 18.2 Å². The van der Waals surface area contributed by atoms with Crippen molar-refractivity contribution in [2.45, 2.75) is 5.88 Å². The molecular weight excluding hydrogens is 212 g/mol. The van der Waals surface area contributed by atoms with Gasteiger partial charge in [-0.3, -0.25) is 20.2 Å². The van der Waals surface area contributed by atoms with Gasteiger partial charge < -0.3 is 0 Å². The highest BCUT2D eigenvalue weighted by atomic mass is 35.5. The third-order valence-electron chi connectivity index (χ3n) is 1.62. The van der Waals surface area contributed by atoms with Gasteiger partial charge in [0.2, 0.25) is 0 Å². The molecule has 0 amide bonds. The number of non-ortho nitro benzene ring substituents is 1. The van der Waals surface area contributed by atoms with Crippen LogP contribution in [-0.4, -0.2) is 9.85 Å².